The van der Waals surface area contributed by atoms with E-state index in [2.05, 4.69) is 9.71 Å². The van der Waals surface area contributed by atoms with Crippen molar-refractivity contribution in [2.45, 2.75) is 15.5 Å². The number of hydrogen-bond donors (Lipinski definition) is 2. The summed E-state index contributed by atoms with van der Waals surface area (Å²) in [5.74, 6) is 1.93. The monoisotopic (exact) mass is 461 g/mol. The zero-order valence-corrected chi connectivity index (χ0v) is 17.8. The summed E-state index contributed by atoms with van der Waals surface area (Å²) in [5, 5.41) is 7.79. The Labute approximate surface area is 172 Å². The summed E-state index contributed by atoms with van der Waals surface area (Å²) < 4.78 is 56.9. The van der Waals surface area contributed by atoms with Crippen LogP contribution in [0.5, 0.6) is 5.75 Å². The van der Waals surface area contributed by atoms with Gasteiger partial charge in [-0.15, -0.1) is 16.2 Å². The molecular weight excluding hydrogens is 446 g/mol. The molecule has 0 atom stereocenters. The molecule has 2 aromatic carbocycles. The summed E-state index contributed by atoms with van der Waals surface area (Å²) in [5.41, 5.74) is 1.21. The van der Waals surface area contributed by atoms with Crippen LogP contribution in [0.25, 0.3) is 0 Å². The van der Waals surface area contributed by atoms with E-state index in [1.807, 2.05) is 24.3 Å². The highest BCUT2D eigenvalue weighted by Crippen LogP contribution is 2.34. The van der Waals surface area contributed by atoms with Crippen LogP contribution in [0.15, 0.2) is 50.6 Å². The predicted molar refractivity (Wildman–Crippen MR) is 110 cm³/mol. The quantitative estimate of drug-likeness (QED) is 0.675. The topological polar surface area (TPSA) is 128 Å². The van der Waals surface area contributed by atoms with E-state index in [9.17, 15) is 16.8 Å². The van der Waals surface area contributed by atoms with Gasteiger partial charge < -0.3 is 10.1 Å². The number of ether oxygens (including phenoxy) is 1. The van der Waals surface area contributed by atoms with E-state index in [-0.39, 0.29) is 21.4 Å². The van der Waals surface area contributed by atoms with Crippen molar-refractivity contribution in [1.82, 2.24) is 0 Å². The summed E-state index contributed by atoms with van der Waals surface area (Å²) in [6.07, 6.45) is 0. The van der Waals surface area contributed by atoms with Crippen molar-refractivity contribution in [3.05, 3.63) is 47.0 Å². The molecule has 0 unspecified atom stereocenters. The number of nitrogens with zero attached hydrogens (tertiary/aromatic N) is 1. The second-order valence-corrected chi connectivity index (χ2v) is 10.3. The first-order valence-electron chi connectivity index (χ1n) is 7.78. The molecule has 0 bridgehead atoms. The highest BCUT2D eigenvalue weighted by Gasteiger charge is 2.28. The van der Waals surface area contributed by atoms with Crippen LogP contribution in [-0.4, -0.2) is 35.5 Å². The maximum atomic E-state index is 12.4. The van der Waals surface area contributed by atoms with Crippen LogP contribution in [0.2, 0.25) is 5.02 Å². The molecule has 1 aliphatic rings. The van der Waals surface area contributed by atoms with Gasteiger partial charge in [0.15, 0.2) is 0 Å². The number of halogens is 1. The average Bonchev–Trinajstić information content (AvgIpc) is 2.60. The highest BCUT2D eigenvalue weighted by molar-refractivity contribution is 7.99. The molecule has 0 saturated carbocycles. The standard InChI is InChI=1S/C16H16ClN3O5S3/c1-25-11-4-2-10(3-5-11)8-26-9-16-19-13-6-12(17)14(27(18,21)22)7-15(13)28(23,24)20-16/h2-7H,8-9H2,1H3,(H,19,20)(H2,18,21,22). The number of nitrogens with one attached hydrogen (secondary N) is 1. The van der Waals surface area contributed by atoms with E-state index in [4.69, 9.17) is 21.5 Å². The van der Waals surface area contributed by atoms with Crippen LogP contribution in [0.4, 0.5) is 5.69 Å². The van der Waals surface area contributed by atoms with Crippen molar-refractivity contribution < 1.29 is 21.6 Å². The number of amidine groups is 1. The molecule has 12 heteroatoms. The van der Waals surface area contributed by atoms with E-state index in [0.29, 0.717) is 11.5 Å². The lowest BCUT2D eigenvalue weighted by Gasteiger charge is -2.19. The number of hydrogen-bond acceptors (Lipinski definition) is 7. The number of methoxy groups -OCH3 is 1. The molecule has 0 spiro atoms. The maximum Gasteiger partial charge on any atom is 0.286 e. The molecule has 3 N–H and O–H groups in total. The third kappa shape index (κ3) is 4.61. The number of anilines is 1. The molecule has 28 heavy (non-hydrogen) atoms. The van der Waals surface area contributed by atoms with Crippen LogP contribution in [0.1, 0.15) is 5.56 Å². The Morgan fingerprint density at radius 2 is 1.89 bits per heavy atom. The third-order valence-electron chi connectivity index (χ3n) is 3.79. The predicted octanol–water partition coefficient (Wildman–Crippen LogP) is 2.44. The Kier molecular flexibility index (Phi) is 5.92. The van der Waals surface area contributed by atoms with Crippen molar-refractivity contribution in [3.63, 3.8) is 0 Å². The van der Waals surface area contributed by atoms with Crippen molar-refractivity contribution in [1.29, 1.82) is 0 Å². The first kappa shape index (κ1) is 20.9. The molecule has 0 amide bonds. The van der Waals surface area contributed by atoms with Gasteiger partial charge in [-0.3, -0.25) is 0 Å². The van der Waals surface area contributed by atoms with E-state index in [1.165, 1.54) is 17.8 Å². The Hall–Kier alpha value is -1.79. The largest absolute Gasteiger partial charge is 0.497 e. The first-order valence-corrected chi connectivity index (χ1v) is 12.3. The van der Waals surface area contributed by atoms with Crippen LogP contribution in [0, 0.1) is 0 Å². The molecule has 0 radical (unpaired) electrons. The Bertz CT molecular complexity index is 1150. The second-order valence-electron chi connectivity index (χ2n) is 5.80. The number of nitrogens with two attached hydrogens (primary N) is 1. The molecule has 0 aromatic heterocycles. The van der Waals surface area contributed by atoms with Crippen molar-refractivity contribution in [3.8, 4) is 5.75 Å². The van der Waals surface area contributed by atoms with E-state index in [0.717, 1.165) is 17.4 Å². The van der Waals surface area contributed by atoms with Gasteiger partial charge in [0.2, 0.25) is 10.0 Å². The van der Waals surface area contributed by atoms with Gasteiger partial charge in [-0.1, -0.05) is 23.7 Å². The molecular formula is C16H16ClN3O5S3. The van der Waals surface area contributed by atoms with Crippen molar-refractivity contribution in [2.24, 2.45) is 9.54 Å². The molecule has 3 rings (SSSR count). The van der Waals surface area contributed by atoms with Crippen LogP contribution < -0.4 is 15.2 Å². The van der Waals surface area contributed by atoms with Gasteiger partial charge in [-0.2, -0.15) is 8.42 Å². The summed E-state index contributed by atoms with van der Waals surface area (Å²) in [7, 11) is -6.65. The number of thioether (sulfide) groups is 1. The van der Waals surface area contributed by atoms with Gasteiger partial charge in [-0.25, -0.2) is 13.6 Å². The molecule has 8 nitrogen and oxygen atoms in total. The SMILES string of the molecule is COc1ccc(CSCC2=NS(=O)(=O)c3cc(S(N)(=O)=O)c(Cl)cc3N2)cc1. The van der Waals surface area contributed by atoms with Gasteiger partial charge in [-0.05, 0) is 29.8 Å². The molecule has 0 fully saturated rings. The van der Waals surface area contributed by atoms with Gasteiger partial charge in [0.25, 0.3) is 10.0 Å². The minimum absolute atomic E-state index is 0.160. The fourth-order valence-electron chi connectivity index (χ4n) is 2.49. The maximum absolute atomic E-state index is 12.4. The lowest BCUT2D eigenvalue weighted by atomic mass is 10.2. The molecule has 0 aliphatic carbocycles. The van der Waals surface area contributed by atoms with Gasteiger partial charge in [0.05, 0.1) is 23.6 Å². The smallest absolute Gasteiger partial charge is 0.286 e. The second kappa shape index (κ2) is 7.91. The van der Waals surface area contributed by atoms with Crippen molar-refractivity contribution in [2.75, 3.05) is 18.2 Å². The van der Waals surface area contributed by atoms with Crippen LogP contribution >= 0.6 is 23.4 Å². The number of benzene rings is 2. The summed E-state index contributed by atoms with van der Waals surface area (Å²) in [6, 6.07) is 9.66. The lowest BCUT2D eigenvalue weighted by Crippen LogP contribution is -2.24. The minimum atomic E-state index is -4.17. The van der Waals surface area contributed by atoms with Crippen LogP contribution in [0.3, 0.4) is 0 Å². The average molecular weight is 462 g/mol. The van der Waals surface area contributed by atoms with E-state index in [1.54, 1.807) is 7.11 Å². The molecule has 1 heterocycles. The normalized spacial score (nSPS) is 15.3. The van der Waals surface area contributed by atoms with Crippen LogP contribution in [-0.2, 0) is 25.8 Å². The molecule has 0 saturated heterocycles. The van der Waals surface area contributed by atoms with E-state index < -0.39 is 24.9 Å². The fourth-order valence-corrected chi connectivity index (χ4v) is 5.76. The van der Waals surface area contributed by atoms with E-state index >= 15 is 0 Å². The zero-order chi connectivity index (χ0) is 20.5. The number of primary sulfonamides is 1. The zero-order valence-electron chi connectivity index (χ0n) is 14.5. The summed E-state index contributed by atoms with van der Waals surface area (Å²) in [6.45, 7) is 0. The summed E-state index contributed by atoms with van der Waals surface area (Å²) in [4.78, 5) is -0.754. The Morgan fingerprint density at radius 3 is 2.50 bits per heavy atom. The fraction of sp³-hybridized carbons (Fsp3) is 0.188. The minimum Gasteiger partial charge on any atom is -0.497 e. The first-order chi connectivity index (χ1) is 13.1. The van der Waals surface area contributed by atoms with Crippen molar-refractivity contribution >= 4 is 54.9 Å². The third-order valence-corrected chi connectivity index (χ3v) is 7.54. The lowest BCUT2D eigenvalue weighted by molar-refractivity contribution is 0.414. The Morgan fingerprint density at radius 1 is 1.21 bits per heavy atom. The highest BCUT2D eigenvalue weighted by atomic mass is 35.5. The number of sulfonamides is 2. The van der Waals surface area contributed by atoms with Gasteiger partial charge in [0, 0.05) is 5.75 Å². The number of fused-ring (bicyclic) bond motifs is 1. The number of rotatable bonds is 6. The molecule has 2 aromatic rings. The van der Waals surface area contributed by atoms with Gasteiger partial charge in [0.1, 0.15) is 21.4 Å². The van der Waals surface area contributed by atoms with Gasteiger partial charge >= 0.3 is 0 Å². The molecule has 150 valence electrons. The Balaban J connectivity index is 1.77. The summed E-state index contributed by atoms with van der Waals surface area (Å²) >= 11 is 7.41. The molecule has 1 aliphatic heterocycles.